The highest BCUT2D eigenvalue weighted by Gasteiger charge is 2.48. The Kier molecular flexibility index (Phi) is 5.07. The molecule has 29 heavy (non-hydrogen) atoms. The Bertz CT molecular complexity index is 1120. The molecule has 0 N–H and O–H groups in total. The Morgan fingerprint density at radius 2 is 1.66 bits per heavy atom. The van der Waals surface area contributed by atoms with Crippen LogP contribution in [0.1, 0.15) is 17.2 Å². The largest absolute Gasteiger partial charge is 0.416 e. The zero-order valence-electron chi connectivity index (χ0n) is 14.5. The second kappa shape index (κ2) is 6.99. The lowest BCUT2D eigenvalue weighted by Crippen LogP contribution is -2.39. The Hall–Kier alpha value is -2.67. The molecule has 13 heteroatoms. The van der Waals surface area contributed by atoms with E-state index in [9.17, 15) is 34.8 Å². The van der Waals surface area contributed by atoms with Gasteiger partial charge in [0, 0.05) is 19.3 Å². The minimum atomic E-state index is -5.08. The molecular weight excluding hydrogens is 426 g/mol. The summed E-state index contributed by atoms with van der Waals surface area (Å²) in [7, 11) is -3.96. The Morgan fingerprint density at radius 3 is 2.21 bits per heavy atom. The predicted molar refractivity (Wildman–Crippen MR) is 88.2 cm³/mol. The van der Waals surface area contributed by atoms with Crippen LogP contribution < -0.4 is 0 Å². The molecule has 0 bridgehead atoms. The molecule has 1 unspecified atom stereocenters. The maximum absolute atomic E-state index is 13.7. The van der Waals surface area contributed by atoms with E-state index in [4.69, 9.17) is 0 Å². The normalized spacial score (nSPS) is 14.5. The molecule has 156 valence electrons. The minimum Gasteiger partial charge on any atom is -0.221 e. The van der Waals surface area contributed by atoms with Crippen molar-refractivity contribution in [2.24, 2.45) is 0 Å². The quantitative estimate of drug-likeness (QED) is 0.583. The van der Waals surface area contributed by atoms with Crippen LogP contribution in [0.3, 0.4) is 0 Å². The number of nitrogens with zero attached hydrogens (tertiary/aromatic N) is 4. The summed E-state index contributed by atoms with van der Waals surface area (Å²) in [6.07, 6.45) is -7.47. The van der Waals surface area contributed by atoms with Gasteiger partial charge in [-0.3, -0.25) is 0 Å². The van der Waals surface area contributed by atoms with Gasteiger partial charge in [-0.25, -0.2) is 17.9 Å². The van der Waals surface area contributed by atoms with Gasteiger partial charge in [0.2, 0.25) is 10.0 Å². The third-order valence-electron chi connectivity index (χ3n) is 4.16. The molecular formula is C16H12F6N4O2S. The second-order valence-electron chi connectivity index (χ2n) is 6.01. The van der Waals surface area contributed by atoms with Crippen LogP contribution in [0.5, 0.6) is 0 Å². The van der Waals surface area contributed by atoms with Crippen LogP contribution in [-0.2, 0) is 16.2 Å². The number of hydrogen-bond donors (Lipinski definition) is 0. The highest BCUT2D eigenvalue weighted by atomic mass is 32.2. The molecule has 0 aliphatic heterocycles. The number of pyridine rings is 1. The molecule has 0 saturated carbocycles. The van der Waals surface area contributed by atoms with Crippen LogP contribution in [-0.4, -0.2) is 40.5 Å². The third kappa shape index (κ3) is 4.05. The number of rotatable bonds is 4. The lowest BCUT2D eigenvalue weighted by atomic mass is 10.0. The van der Waals surface area contributed by atoms with Gasteiger partial charge in [-0.05, 0) is 23.8 Å². The molecule has 2 aromatic heterocycles. The van der Waals surface area contributed by atoms with E-state index in [1.807, 2.05) is 0 Å². The zero-order chi connectivity index (χ0) is 21.6. The first-order chi connectivity index (χ1) is 13.3. The van der Waals surface area contributed by atoms with Crippen LogP contribution in [0.15, 0.2) is 53.8 Å². The number of sulfonamides is 1. The van der Waals surface area contributed by atoms with Gasteiger partial charge in [-0.15, -0.1) is 0 Å². The maximum atomic E-state index is 13.7. The molecule has 0 fully saturated rings. The van der Waals surface area contributed by atoms with E-state index < -0.39 is 44.4 Å². The molecule has 6 nitrogen and oxygen atoms in total. The van der Waals surface area contributed by atoms with E-state index in [-0.39, 0.29) is 9.95 Å². The Labute approximate surface area is 160 Å². The van der Waals surface area contributed by atoms with Gasteiger partial charge in [0.15, 0.2) is 5.65 Å². The van der Waals surface area contributed by atoms with Gasteiger partial charge < -0.3 is 0 Å². The van der Waals surface area contributed by atoms with Gasteiger partial charge in [-0.2, -0.15) is 35.7 Å². The summed E-state index contributed by atoms with van der Waals surface area (Å²) < 4.78 is 106. The number of hydrogen-bond acceptors (Lipinski definition) is 4. The fourth-order valence-corrected chi connectivity index (χ4v) is 4.06. The van der Waals surface area contributed by atoms with Crippen LogP contribution >= 0.6 is 0 Å². The van der Waals surface area contributed by atoms with E-state index in [0.29, 0.717) is 31.3 Å². The molecule has 2 heterocycles. The Balaban J connectivity index is 2.04. The SMILES string of the molecule is CN(C(c1ccc(C(F)(F)F)cc1)C(F)(F)F)S(=O)(=O)c1ccn2ncnc2c1. The monoisotopic (exact) mass is 438 g/mol. The van der Waals surface area contributed by atoms with Crippen molar-refractivity contribution in [1.82, 2.24) is 18.9 Å². The molecule has 3 rings (SSSR count). The summed E-state index contributed by atoms with van der Waals surface area (Å²) in [5, 5.41) is 3.76. The lowest BCUT2D eigenvalue weighted by molar-refractivity contribution is -0.171. The number of fused-ring (bicyclic) bond motifs is 1. The van der Waals surface area contributed by atoms with E-state index >= 15 is 0 Å². The van der Waals surface area contributed by atoms with Crippen LogP contribution in [0, 0.1) is 0 Å². The lowest BCUT2D eigenvalue weighted by Gasteiger charge is -2.29. The summed E-state index contributed by atoms with van der Waals surface area (Å²) in [5.74, 6) is 0. The van der Waals surface area contributed by atoms with Crippen molar-refractivity contribution in [1.29, 1.82) is 0 Å². The average Bonchev–Trinajstić information content (AvgIpc) is 3.08. The smallest absolute Gasteiger partial charge is 0.221 e. The number of benzene rings is 1. The summed E-state index contributed by atoms with van der Waals surface area (Å²) >= 11 is 0. The maximum Gasteiger partial charge on any atom is 0.416 e. The standard InChI is InChI=1S/C16H12F6N4O2S/c1-25(29(27,28)12-6-7-26-13(8-12)23-9-24-26)14(16(20,21)22)10-2-4-11(5-3-10)15(17,18)19/h2-9,14H,1H3. The van der Waals surface area contributed by atoms with Gasteiger partial charge in [0.25, 0.3) is 0 Å². The number of halogens is 6. The first kappa shape index (κ1) is 21.0. The fraction of sp³-hybridized carbons (Fsp3) is 0.250. The van der Waals surface area contributed by atoms with E-state index in [2.05, 4.69) is 10.1 Å². The number of aromatic nitrogens is 3. The van der Waals surface area contributed by atoms with Gasteiger partial charge in [0.1, 0.15) is 12.4 Å². The summed E-state index contributed by atoms with van der Waals surface area (Å²) in [4.78, 5) is 3.31. The molecule has 0 spiro atoms. The third-order valence-corrected chi connectivity index (χ3v) is 5.98. The van der Waals surface area contributed by atoms with Gasteiger partial charge in [-0.1, -0.05) is 12.1 Å². The first-order valence-corrected chi connectivity index (χ1v) is 9.27. The molecule has 0 amide bonds. The molecule has 3 aromatic rings. The molecule has 0 saturated heterocycles. The van der Waals surface area contributed by atoms with Gasteiger partial charge >= 0.3 is 12.4 Å². The van der Waals surface area contributed by atoms with Crippen molar-refractivity contribution >= 4 is 15.7 Å². The van der Waals surface area contributed by atoms with Crippen LogP contribution in [0.2, 0.25) is 0 Å². The first-order valence-electron chi connectivity index (χ1n) is 7.83. The average molecular weight is 438 g/mol. The highest BCUT2D eigenvalue weighted by molar-refractivity contribution is 7.89. The van der Waals surface area contributed by atoms with Crippen LogP contribution in [0.25, 0.3) is 5.65 Å². The summed E-state index contributed by atoms with van der Waals surface area (Å²) in [6, 6.07) is 1.55. The number of alkyl halides is 6. The second-order valence-corrected chi connectivity index (χ2v) is 8.01. The minimum absolute atomic E-state index is 0.0673. The Morgan fingerprint density at radius 1 is 1.03 bits per heavy atom. The van der Waals surface area contributed by atoms with E-state index in [1.165, 1.54) is 10.7 Å². The van der Waals surface area contributed by atoms with Crippen molar-refractivity contribution in [2.45, 2.75) is 23.3 Å². The van der Waals surface area contributed by atoms with Crippen molar-refractivity contribution in [2.75, 3.05) is 7.05 Å². The predicted octanol–water partition coefficient (Wildman–Crippen LogP) is 3.67. The van der Waals surface area contributed by atoms with Crippen molar-refractivity contribution in [3.63, 3.8) is 0 Å². The highest BCUT2D eigenvalue weighted by Crippen LogP contribution is 2.40. The molecule has 0 radical (unpaired) electrons. The van der Waals surface area contributed by atoms with Crippen LogP contribution in [0.4, 0.5) is 26.3 Å². The summed E-state index contributed by atoms with van der Waals surface area (Å²) in [6.45, 7) is 0. The van der Waals surface area contributed by atoms with E-state index in [1.54, 1.807) is 0 Å². The van der Waals surface area contributed by atoms with Crippen molar-refractivity contribution < 1.29 is 34.8 Å². The topological polar surface area (TPSA) is 67.6 Å². The molecule has 0 aliphatic rings. The van der Waals surface area contributed by atoms with Crippen molar-refractivity contribution in [3.05, 3.63) is 60.0 Å². The summed E-state index contributed by atoms with van der Waals surface area (Å²) in [5.41, 5.74) is -1.71. The van der Waals surface area contributed by atoms with Gasteiger partial charge in [0.05, 0.1) is 10.5 Å². The van der Waals surface area contributed by atoms with Crippen molar-refractivity contribution in [3.8, 4) is 0 Å². The molecule has 1 aromatic carbocycles. The fourth-order valence-electron chi connectivity index (χ4n) is 2.72. The molecule has 0 aliphatic carbocycles. The molecule has 1 atom stereocenters. The van der Waals surface area contributed by atoms with E-state index in [0.717, 1.165) is 18.5 Å². The zero-order valence-corrected chi connectivity index (χ0v) is 15.3.